The van der Waals surface area contributed by atoms with Gasteiger partial charge in [-0.3, -0.25) is 4.90 Å². The van der Waals surface area contributed by atoms with Crippen LogP contribution in [0.3, 0.4) is 0 Å². The van der Waals surface area contributed by atoms with Crippen LogP contribution in [0.5, 0.6) is 0 Å². The molecule has 5 nitrogen and oxygen atoms in total. The summed E-state index contributed by atoms with van der Waals surface area (Å²) in [5.41, 5.74) is 5.67. The Morgan fingerprint density at radius 3 is 2.71 bits per heavy atom. The largest absolute Gasteiger partial charge is 0.358 e. The highest BCUT2D eigenvalue weighted by Gasteiger charge is 2.41. The van der Waals surface area contributed by atoms with Crippen LogP contribution in [-0.2, 0) is 12.8 Å². The monoisotopic (exact) mass is 382 g/mol. The molecule has 5 heteroatoms. The second-order valence-electron chi connectivity index (χ2n) is 8.23. The van der Waals surface area contributed by atoms with E-state index >= 15 is 0 Å². The molecule has 4 rings (SSSR count). The number of carbonyl (C=O) groups excluding carboxylic acids is 1. The fraction of sp³-hybridized carbons (Fsp3) is 0.609. The zero-order valence-corrected chi connectivity index (χ0v) is 17.7. The summed E-state index contributed by atoms with van der Waals surface area (Å²) >= 11 is 0. The summed E-state index contributed by atoms with van der Waals surface area (Å²) in [6, 6.07) is 7.53. The van der Waals surface area contributed by atoms with E-state index in [-0.39, 0.29) is 12.1 Å². The van der Waals surface area contributed by atoms with Gasteiger partial charge in [-0.25, -0.2) is 4.79 Å². The summed E-state index contributed by atoms with van der Waals surface area (Å²) in [4.78, 5) is 20.8. The predicted octanol–water partition coefficient (Wildman–Crippen LogP) is 3.88. The van der Waals surface area contributed by atoms with Crippen LogP contribution < -0.4 is 5.32 Å². The average molecular weight is 383 g/mol. The Morgan fingerprint density at radius 2 is 2.04 bits per heavy atom. The minimum absolute atomic E-state index is 0.0779. The standard InChI is InChI=1S/C23H34N4O/c1-5-19-18-13-21-17(16-10-9-11-20(25-19)22(16)18)12-15(14-27(21)8-4)24-23(28)26(6-2)7-3/h9-11,15,17,21,25H,5-8,12-14H2,1-4H3,(H,24,28)/t15-,17?,21+/m0/s1. The lowest BCUT2D eigenvalue weighted by Crippen LogP contribution is -2.57. The molecule has 2 aliphatic rings. The molecule has 28 heavy (non-hydrogen) atoms. The Bertz CT molecular complexity index is 854. The fourth-order valence-electron chi connectivity index (χ4n) is 5.51. The van der Waals surface area contributed by atoms with Crippen LogP contribution in [0, 0.1) is 0 Å². The van der Waals surface area contributed by atoms with Crippen LogP contribution >= 0.6 is 0 Å². The molecule has 1 saturated heterocycles. The highest BCUT2D eigenvalue weighted by molar-refractivity contribution is 5.89. The molecule has 0 radical (unpaired) electrons. The number of nitrogens with one attached hydrogen (secondary N) is 2. The van der Waals surface area contributed by atoms with Crippen molar-refractivity contribution in [1.82, 2.24) is 20.1 Å². The summed E-state index contributed by atoms with van der Waals surface area (Å²) in [5.74, 6) is 0.479. The smallest absolute Gasteiger partial charge is 0.317 e. The molecule has 0 saturated carbocycles. The van der Waals surface area contributed by atoms with Crippen molar-refractivity contribution in [2.45, 2.75) is 65.0 Å². The van der Waals surface area contributed by atoms with E-state index in [2.05, 4.69) is 47.2 Å². The number of amides is 2. The third kappa shape index (κ3) is 3.10. The topological polar surface area (TPSA) is 51.4 Å². The van der Waals surface area contributed by atoms with Gasteiger partial charge in [0.25, 0.3) is 0 Å². The van der Waals surface area contributed by atoms with E-state index in [1.165, 1.54) is 27.7 Å². The van der Waals surface area contributed by atoms with E-state index in [0.717, 1.165) is 45.4 Å². The molecule has 1 aromatic carbocycles. The van der Waals surface area contributed by atoms with Crippen molar-refractivity contribution >= 4 is 16.9 Å². The summed E-state index contributed by atoms with van der Waals surface area (Å²) in [6.07, 6.45) is 3.20. The molecule has 2 amide bonds. The molecule has 1 unspecified atom stereocenters. The molecule has 2 heterocycles. The van der Waals surface area contributed by atoms with Gasteiger partial charge in [-0.05, 0) is 56.8 Å². The minimum atomic E-state index is 0.0779. The quantitative estimate of drug-likeness (QED) is 0.824. The molecular formula is C23H34N4O. The van der Waals surface area contributed by atoms with Crippen molar-refractivity contribution in [2.75, 3.05) is 26.2 Å². The van der Waals surface area contributed by atoms with Crippen molar-refractivity contribution < 1.29 is 4.79 Å². The number of benzene rings is 1. The summed E-state index contributed by atoms with van der Waals surface area (Å²) in [7, 11) is 0. The Morgan fingerprint density at radius 1 is 1.25 bits per heavy atom. The number of likely N-dealkylation sites (N-methyl/N-ethyl adjacent to an activating group) is 1. The van der Waals surface area contributed by atoms with Crippen LogP contribution in [0.15, 0.2) is 18.2 Å². The van der Waals surface area contributed by atoms with Gasteiger partial charge < -0.3 is 15.2 Å². The number of nitrogens with zero attached hydrogens (tertiary/aromatic N) is 2. The first-order chi connectivity index (χ1) is 13.6. The molecule has 2 aromatic rings. The Kier molecular flexibility index (Phi) is 5.37. The molecule has 3 atom stereocenters. The number of hydrogen-bond acceptors (Lipinski definition) is 2. The van der Waals surface area contributed by atoms with Crippen LogP contribution in [-0.4, -0.2) is 59.1 Å². The number of piperidine rings is 1. The number of hydrogen-bond donors (Lipinski definition) is 2. The molecule has 0 bridgehead atoms. The number of H-pyrrole nitrogens is 1. The lowest BCUT2D eigenvalue weighted by Gasteiger charge is -2.47. The molecule has 1 fully saturated rings. The van der Waals surface area contributed by atoms with Crippen molar-refractivity contribution in [1.29, 1.82) is 0 Å². The maximum atomic E-state index is 12.7. The van der Waals surface area contributed by atoms with Crippen molar-refractivity contribution in [3.05, 3.63) is 35.0 Å². The average Bonchev–Trinajstić information content (AvgIpc) is 3.08. The number of aromatic nitrogens is 1. The second kappa shape index (κ2) is 7.78. The molecule has 2 N–H and O–H groups in total. The van der Waals surface area contributed by atoms with Crippen LogP contribution in [0.4, 0.5) is 4.79 Å². The summed E-state index contributed by atoms with van der Waals surface area (Å²) < 4.78 is 0. The first-order valence-corrected chi connectivity index (χ1v) is 11.0. The molecule has 0 spiro atoms. The SMILES string of the molecule is CCc1[nH]c2cccc3c2c1C[C@@H]1C3C[C@H](NC(=O)N(CC)CC)CN1CC. The molecular weight excluding hydrogens is 348 g/mol. The lowest BCUT2D eigenvalue weighted by molar-refractivity contribution is 0.103. The summed E-state index contributed by atoms with van der Waals surface area (Å²) in [6.45, 7) is 12.0. The van der Waals surface area contributed by atoms with Crippen molar-refractivity contribution in [3.63, 3.8) is 0 Å². The predicted molar refractivity (Wildman–Crippen MR) is 115 cm³/mol. The normalized spacial score (nSPS) is 24.2. The van der Waals surface area contributed by atoms with Gasteiger partial charge in [-0.2, -0.15) is 0 Å². The fourth-order valence-corrected chi connectivity index (χ4v) is 5.51. The zero-order valence-electron chi connectivity index (χ0n) is 17.7. The second-order valence-corrected chi connectivity index (χ2v) is 8.23. The number of fused-ring (bicyclic) bond motifs is 2. The number of aryl methyl sites for hydroxylation is 1. The Labute approximate surface area is 168 Å². The first kappa shape index (κ1) is 19.3. The van der Waals surface area contributed by atoms with Gasteiger partial charge in [0.2, 0.25) is 0 Å². The van der Waals surface area contributed by atoms with Gasteiger partial charge in [-0.15, -0.1) is 0 Å². The van der Waals surface area contributed by atoms with Crippen LogP contribution in [0.1, 0.15) is 56.9 Å². The van der Waals surface area contributed by atoms with Gasteiger partial charge in [0.1, 0.15) is 0 Å². The Hall–Kier alpha value is -2.01. The molecule has 152 valence electrons. The summed E-state index contributed by atoms with van der Waals surface area (Å²) in [5, 5.41) is 4.78. The third-order valence-corrected chi connectivity index (χ3v) is 6.93. The van der Waals surface area contributed by atoms with Crippen LogP contribution in [0.2, 0.25) is 0 Å². The van der Waals surface area contributed by atoms with E-state index in [9.17, 15) is 4.79 Å². The van der Waals surface area contributed by atoms with E-state index in [0.29, 0.717) is 12.0 Å². The number of rotatable bonds is 5. The lowest BCUT2D eigenvalue weighted by atomic mass is 9.73. The van der Waals surface area contributed by atoms with Gasteiger partial charge in [-0.1, -0.05) is 26.0 Å². The number of carbonyl (C=O) groups is 1. The van der Waals surface area contributed by atoms with Crippen molar-refractivity contribution in [3.8, 4) is 0 Å². The first-order valence-electron chi connectivity index (χ1n) is 11.0. The molecule has 1 aromatic heterocycles. The Balaban J connectivity index is 1.66. The zero-order chi connectivity index (χ0) is 19.8. The van der Waals surface area contributed by atoms with Gasteiger partial charge in [0.15, 0.2) is 0 Å². The van der Waals surface area contributed by atoms with Gasteiger partial charge in [0.05, 0.1) is 0 Å². The van der Waals surface area contributed by atoms with E-state index in [1.54, 1.807) is 0 Å². The highest BCUT2D eigenvalue weighted by atomic mass is 16.2. The van der Waals surface area contributed by atoms with E-state index in [1.807, 2.05) is 18.7 Å². The molecule has 1 aliphatic carbocycles. The highest BCUT2D eigenvalue weighted by Crippen LogP contribution is 2.44. The number of aromatic amines is 1. The van der Waals surface area contributed by atoms with Gasteiger partial charge >= 0.3 is 6.03 Å². The molecule has 1 aliphatic heterocycles. The van der Waals surface area contributed by atoms with Gasteiger partial charge in [0, 0.05) is 54.2 Å². The maximum absolute atomic E-state index is 12.7. The minimum Gasteiger partial charge on any atom is -0.358 e. The van der Waals surface area contributed by atoms with Crippen LogP contribution in [0.25, 0.3) is 10.9 Å². The van der Waals surface area contributed by atoms with E-state index in [4.69, 9.17) is 0 Å². The maximum Gasteiger partial charge on any atom is 0.317 e. The van der Waals surface area contributed by atoms with E-state index < -0.39 is 0 Å². The number of likely N-dealkylation sites (tertiary alicyclic amines) is 1. The third-order valence-electron chi connectivity index (χ3n) is 6.93. The number of urea groups is 1. The van der Waals surface area contributed by atoms with Crippen molar-refractivity contribution in [2.24, 2.45) is 0 Å².